The number of para-hydroxylation sites is 1. The summed E-state index contributed by atoms with van der Waals surface area (Å²) in [4.78, 5) is 18.1. The molecule has 4 nitrogen and oxygen atoms in total. The van der Waals surface area contributed by atoms with Crippen LogP contribution in [0.2, 0.25) is 0 Å². The van der Waals surface area contributed by atoms with Gasteiger partial charge in [0.1, 0.15) is 0 Å². The average Bonchev–Trinajstić information content (AvgIpc) is 3.10. The van der Waals surface area contributed by atoms with Crippen LogP contribution in [0.4, 0.5) is 5.69 Å². The van der Waals surface area contributed by atoms with Gasteiger partial charge in [-0.05, 0) is 36.9 Å². The fourth-order valence-electron chi connectivity index (χ4n) is 7.51. The van der Waals surface area contributed by atoms with Crippen LogP contribution in [0.1, 0.15) is 24.8 Å². The number of carbonyl (C=O) groups is 1. The highest BCUT2D eigenvalue weighted by molar-refractivity contribution is 5.99. The second-order valence-corrected chi connectivity index (χ2v) is 8.78. The Kier molecular flexibility index (Phi) is 2.27. The first-order valence-electron chi connectivity index (χ1n) is 9.75. The van der Waals surface area contributed by atoms with Gasteiger partial charge in [0.15, 0.2) is 0 Å². The maximum absolute atomic E-state index is 13.2. The summed E-state index contributed by atoms with van der Waals surface area (Å²) in [6, 6.07) is 9.64. The largest absolute Gasteiger partial charge is 0.373 e. The summed E-state index contributed by atoms with van der Waals surface area (Å²) >= 11 is 0. The van der Waals surface area contributed by atoms with E-state index < -0.39 is 0 Å². The number of piperidine rings is 2. The molecule has 0 N–H and O–H groups in total. The van der Waals surface area contributed by atoms with Crippen molar-refractivity contribution in [3.8, 4) is 0 Å². The number of rotatable bonds is 0. The molecule has 5 aliphatic heterocycles. The van der Waals surface area contributed by atoms with Crippen LogP contribution in [0.15, 0.2) is 35.9 Å². The van der Waals surface area contributed by atoms with Crippen molar-refractivity contribution in [1.29, 1.82) is 0 Å². The summed E-state index contributed by atoms with van der Waals surface area (Å²) in [5.41, 5.74) is 4.35. The standard InChI is InChI=1S/C21H22N2O2/c24-18-10-16-19-13-9-17-21(6-7-22(17)11-12(13)5-8-25-16)14-3-1-2-4-15(14)23(18)20(19)21/h1-5,13,16-17,19-20H,6-11H2/t13?,16-,17-,19?,20-,21+/m0/s1. The van der Waals surface area contributed by atoms with Gasteiger partial charge in [-0.3, -0.25) is 9.69 Å². The minimum atomic E-state index is 0.104. The van der Waals surface area contributed by atoms with E-state index in [1.54, 1.807) is 5.57 Å². The van der Waals surface area contributed by atoms with Crippen LogP contribution < -0.4 is 4.90 Å². The van der Waals surface area contributed by atoms with E-state index in [1.807, 2.05) is 0 Å². The molecule has 0 radical (unpaired) electrons. The highest BCUT2D eigenvalue weighted by Gasteiger charge is 2.70. The van der Waals surface area contributed by atoms with Crippen LogP contribution in [-0.4, -0.2) is 48.7 Å². The van der Waals surface area contributed by atoms with Crippen molar-refractivity contribution < 1.29 is 9.53 Å². The third kappa shape index (κ3) is 1.33. The van der Waals surface area contributed by atoms with E-state index in [0.29, 0.717) is 36.9 Å². The number of hydrogen-bond donors (Lipinski definition) is 0. The zero-order valence-electron chi connectivity index (χ0n) is 14.2. The number of amides is 1. The van der Waals surface area contributed by atoms with Gasteiger partial charge >= 0.3 is 0 Å². The molecule has 2 unspecified atom stereocenters. The fourth-order valence-corrected chi connectivity index (χ4v) is 7.51. The van der Waals surface area contributed by atoms with Crippen LogP contribution in [0, 0.1) is 11.8 Å². The maximum Gasteiger partial charge on any atom is 0.229 e. The van der Waals surface area contributed by atoms with Crippen molar-refractivity contribution >= 4 is 11.6 Å². The van der Waals surface area contributed by atoms with Crippen molar-refractivity contribution in [2.24, 2.45) is 11.8 Å². The van der Waals surface area contributed by atoms with E-state index in [-0.39, 0.29) is 17.4 Å². The lowest BCUT2D eigenvalue weighted by Gasteiger charge is -2.58. The second kappa shape index (κ2) is 4.18. The van der Waals surface area contributed by atoms with Gasteiger partial charge in [0.2, 0.25) is 5.91 Å². The van der Waals surface area contributed by atoms with E-state index >= 15 is 0 Å². The fraction of sp³-hybridized carbons (Fsp3) is 0.571. The van der Waals surface area contributed by atoms with Crippen molar-refractivity contribution in [2.75, 3.05) is 24.6 Å². The normalized spacial score (nSPS) is 45.9. The first kappa shape index (κ1) is 13.5. The highest BCUT2D eigenvalue weighted by atomic mass is 16.5. The molecule has 1 spiro atoms. The van der Waals surface area contributed by atoms with Crippen LogP contribution >= 0.6 is 0 Å². The number of benzene rings is 1. The lowest BCUT2D eigenvalue weighted by atomic mass is 9.53. The Morgan fingerprint density at radius 3 is 3.12 bits per heavy atom. The number of anilines is 1. The molecule has 6 atom stereocenters. The molecule has 0 aromatic heterocycles. The van der Waals surface area contributed by atoms with Gasteiger partial charge in [-0.15, -0.1) is 0 Å². The summed E-state index contributed by atoms with van der Waals surface area (Å²) < 4.78 is 6.25. The molecule has 4 fully saturated rings. The van der Waals surface area contributed by atoms with Crippen LogP contribution in [0.25, 0.3) is 0 Å². The minimum Gasteiger partial charge on any atom is -0.373 e. The van der Waals surface area contributed by atoms with Crippen molar-refractivity contribution in [3.63, 3.8) is 0 Å². The van der Waals surface area contributed by atoms with E-state index in [9.17, 15) is 4.79 Å². The highest BCUT2D eigenvalue weighted by Crippen LogP contribution is 2.65. The molecule has 7 rings (SSSR count). The predicted octanol–water partition coefficient (Wildman–Crippen LogP) is 2.09. The summed E-state index contributed by atoms with van der Waals surface area (Å²) in [7, 11) is 0. The zero-order chi connectivity index (χ0) is 16.3. The Hall–Kier alpha value is -1.65. The van der Waals surface area contributed by atoms with Crippen molar-refractivity contribution in [1.82, 2.24) is 4.90 Å². The van der Waals surface area contributed by atoms with E-state index in [1.165, 1.54) is 30.6 Å². The zero-order valence-corrected chi connectivity index (χ0v) is 14.2. The lowest BCUT2D eigenvalue weighted by molar-refractivity contribution is -0.132. The van der Waals surface area contributed by atoms with Gasteiger partial charge in [0.25, 0.3) is 0 Å². The molecule has 5 heterocycles. The molecule has 1 saturated carbocycles. The molecule has 6 aliphatic rings. The lowest BCUT2D eigenvalue weighted by Crippen LogP contribution is -2.69. The van der Waals surface area contributed by atoms with Crippen LogP contribution in [0.5, 0.6) is 0 Å². The molecule has 1 amide bonds. The molecule has 128 valence electrons. The Labute approximate surface area is 147 Å². The number of nitrogens with zero attached hydrogens (tertiary/aromatic N) is 2. The molecule has 1 aromatic rings. The van der Waals surface area contributed by atoms with Gasteiger partial charge in [-0.2, -0.15) is 0 Å². The maximum atomic E-state index is 13.2. The van der Waals surface area contributed by atoms with Gasteiger partial charge in [0, 0.05) is 29.6 Å². The molecule has 3 saturated heterocycles. The molecule has 1 aliphatic carbocycles. The quantitative estimate of drug-likeness (QED) is 0.681. The molecule has 25 heavy (non-hydrogen) atoms. The topological polar surface area (TPSA) is 32.8 Å². The summed E-state index contributed by atoms with van der Waals surface area (Å²) in [6.45, 7) is 2.97. The smallest absolute Gasteiger partial charge is 0.229 e. The Bertz CT molecular complexity index is 848. The monoisotopic (exact) mass is 334 g/mol. The van der Waals surface area contributed by atoms with Gasteiger partial charge in [-0.1, -0.05) is 29.8 Å². The Morgan fingerprint density at radius 2 is 2.16 bits per heavy atom. The Morgan fingerprint density at radius 1 is 1.24 bits per heavy atom. The van der Waals surface area contributed by atoms with Gasteiger partial charge < -0.3 is 9.64 Å². The number of carbonyl (C=O) groups excluding carboxylic acids is 1. The van der Waals surface area contributed by atoms with Crippen LogP contribution in [-0.2, 0) is 14.9 Å². The predicted molar refractivity (Wildman–Crippen MR) is 93.4 cm³/mol. The average molecular weight is 334 g/mol. The molecule has 2 bridgehead atoms. The molecular formula is C21H22N2O2. The van der Waals surface area contributed by atoms with Crippen molar-refractivity contribution in [2.45, 2.75) is 42.9 Å². The number of ether oxygens (including phenoxy) is 1. The van der Waals surface area contributed by atoms with E-state index in [0.717, 1.165) is 6.54 Å². The van der Waals surface area contributed by atoms with Crippen molar-refractivity contribution in [3.05, 3.63) is 41.5 Å². The Balaban J connectivity index is 1.55. The summed E-state index contributed by atoms with van der Waals surface area (Å²) in [6.07, 6.45) is 5.43. The van der Waals surface area contributed by atoms with E-state index in [2.05, 4.69) is 40.1 Å². The van der Waals surface area contributed by atoms with Crippen LogP contribution in [0.3, 0.4) is 0 Å². The third-order valence-corrected chi connectivity index (χ3v) is 8.22. The SMILES string of the molecule is O=C1C[C@@H]2OCC=C3CN4CC[C@]56c7ccccc7N1[C@H]5C2C3C[C@H]46. The van der Waals surface area contributed by atoms with Gasteiger partial charge in [0.05, 0.1) is 25.2 Å². The third-order valence-electron chi connectivity index (χ3n) is 8.22. The number of fused-ring (bicyclic) bond motifs is 2. The number of hydrogen-bond acceptors (Lipinski definition) is 3. The van der Waals surface area contributed by atoms with E-state index in [4.69, 9.17) is 4.74 Å². The molecule has 1 aromatic carbocycles. The minimum absolute atomic E-state index is 0.104. The molecule has 4 heteroatoms. The second-order valence-electron chi connectivity index (χ2n) is 8.78. The van der Waals surface area contributed by atoms with Gasteiger partial charge in [-0.25, -0.2) is 0 Å². The summed E-state index contributed by atoms with van der Waals surface area (Å²) in [5, 5.41) is 0. The summed E-state index contributed by atoms with van der Waals surface area (Å²) in [5.74, 6) is 1.35. The molecular weight excluding hydrogens is 312 g/mol. The first-order valence-corrected chi connectivity index (χ1v) is 9.75. The first-order chi connectivity index (χ1) is 12.3.